The van der Waals surface area contributed by atoms with Gasteiger partial charge in [0.1, 0.15) is 0 Å². The highest BCUT2D eigenvalue weighted by Gasteiger charge is 2.11. The van der Waals surface area contributed by atoms with Gasteiger partial charge in [-0.1, -0.05) is 0 Å². The maximum Gasteiger partial charge on any atom is 0.0529 e. The minimum atomic E-state index is 1.36. The highest BCUT2D eigenvalue weighted by Crippen LogP contribution is 2.43. The standard InChI is InChI=1S/C18H8S4/c1-3-19-17-11-5-9-8-16-12(18-14(22-16)2-4-20-18)6-10(9)7-15(11)21-13(1)17/h1-8H. The van der Waals surface area contributed by atoms with Gasteiger partial charge >= 0.3 is 0 Å². The number of rotatable bonds is 0. The molecule has 0 amide bonds. The van der Waals surface area contributed by atoms with Crippen LogP contribution in [0.15, 0.2) is 47.2 Å². The molecule has 0 spiro atoms. The average molecular weight is 353 g/mol. The number of hydrogen-bond acceptors (Lipinski definition) is 4. The lowest BCUT2D eigenvalue weighted by atomic mass is 10.1. The van der Waals surface area contributed by atoms with Crippen molar-refractivity contribution in [3.63, 3.8) is 0 Å². The molecule has 0 aliphatic heterocycles. The second kappa shape index (κ2) is 4.09. The van der Waals surface area contributed by atoms with E-state index in [1.54, 1.807) is 0 Å². The largest absolute Gasteiger partial charge is 0.142 e. The summed E-state index contributed by atoms with van der Waals surface area (Å²) < 4.78 is 8.52. The lowest BCUT2D eigenvalue weighted by Crippen LogP contribution is -1.72. The quantitative estimate of drug-likeness (QED) is 0.263. The lowest BCUT2D eigenvalue weighted by Gasteiger charge is -2.00. The van der Waals surface area contributed by atoms with Crippen molar-refractivity contribution in [2.24, 2.45) is 0 Å². The third kappa shape index (κ3) is 1.46. The first-order valence-electron chi connectivity index (χ1n) is 7.00. The Morgan fingerprint density at radius 2 is 1.05 bits per heavy atom. The fraction of sp³-hybridized carbons (Fsp3) is 0. The van der Waals surface area contributed by atoms with Crippen molar-refractivity contribution in [1.82, 2.24) is 0 Å². The van der Waals surface area contributed by atoms with E-state index in [2.05, 4.69) is 47.2 Å². The second-order valence-corrected chi connectivity index (χ2v) is 9.48. The normalized spacial score (nSPS) is 12.5. The van der Waals surface area contributed by atoms with Gasteiger partial charge in [0, 0.05) is 29.6 Å². The molecule has 0 atom stereocenters. The van der Waals surface area contributed by atoms with Gasteiger partial charge in [-0.25, -0.2) is 0 Å². The van der Waals surface area contributed by atoms with Crippen molar-refractivity contribution in [1.29, 1.82) is 0 Å². The zero-order valence-electron chi connectivity index (χ0n) is 11.3. The van der Waals surface area contributed by atoms with E-state index in [-0.39, 0.29) is 0 Å². The first-order chi connectivity index (χ1) is 10.9. The molecule has 6 rings (SSSR count). The Labute approximate surface area is 141 Å². The van der Waals surface area contributed by atoms with Gasteiger partial charge in [-0.3, -0.25) is 0 Å². The number of fused-ring (bicyclic) bond motifs is 7. The zero-order valence-corrected chi connectivity index (χ0v) is 14.5. The van der Waals surface area contributed by atoms with Crippen LogP contribution in [0.1, 0.15) is 0 Å². The Balaban J connectivity index is 1.84. The number of thiophene rings is 4. The van der Waals surface area contributed by atoms with Gasteiger partial charge in [0.25, 0.3) is 0 Å². The van der Waals surface area contributed by atoms with Gasteiger partial charge in [0.2, 0.25) is 0 Å². The van der Waals surface area contributed by atoms with E-state index < -0.39 is 0 Å². The fourth-order valence-electron chi connectivity index (χ4n) is 3.22. The van der Waals surface area contributed by atoms with Gasteiger partial charge in [0.05, 0.1) is 9.40 Å². The fourth-order valence-corrected chi connectivity index (χ4v) is 7.76. The van der Waals surface area contributed by atoms with E-state index in [0.29, 0.717) is 0 Å². The first kappa shape index (κ1) is 12.0. The van der Waals surface area contributed by atoms with E-state index >= 15 is 0 Å². The molecular weight excluding hydrogens is 344 g/mol. The van der Waals surface area contributed by atoms with Crippen LogP contribution in [0.3, 0.4) is 0 Å². The molecule has 4 heterocycles. The Morgan fingerprint density at radius 1 is 0.545 bits per heavy atom. The molecule has 0 saturated heterocycles. The molecule has 0 unspecified atom stereocenters. The molecule has 0 radical (unpaired) electrons. The number of benzene rings is 2. The molecular formula is C18H8S4. The van der Waals surface area contributed by atoms with Gasteiger partial charge in [-0.15, -0.1) is 45.3 Å². The van der Waals surface area contributed by atoms with Crippen LogP contribution in [0.2, 0.25) is 0 Å². The molecule has 22 heavy (non-hydrogen) atoms. The van der Waals surface area contributed by atoms with Crippen molar-refractivity contribution in [3.8, 4) is 0 Å². The Kier molecular flexibility index (Phi) is 2.23. The third-order valence-electron chi connectivity index (χ3n) is 4.22. The van der Waals surface area contributed by atoms with Gasteiger partial charge in [-0.05, 0) is 57.9 Å². The first-order valence-corrected chi connectivity index (χ1v) is 10.4. The average Bonchev–Trinajstić information content (AvgIpc) is 3.23. The Bertz CT molecular complexity index is 1220. The topological polar surface area (TPSA) is 0 Å². The molecule has 0 nitrogen and oxygen atoms in total. The van der Waals surface area contributed by atoms with Crippen LogP contribution in [-0.2, 0) is 0 Å². The zero-order chi connectivity index (χ0) is 14.3. The van der Waals surface area contributed by atoms with Crippen LogP contribution >= 0.6 is 45.3 Å². The molecule has 0 saturated carbocycles. The second-order valence-electron chi connectivity index (χ2n) is 5.48. The molecule has 6 aromatic rings. The predicted octanol–water partition coefficient (Wildman–Crippen LogP) is 7.70. The van der Waals surface area contributed by atoms with Gasteiger partial charge in [0.15, 0.2) is 0 Å². The molecule has 0 aliphatic carbocycles. The molecule has 0 fully saturated rings. The van der Waals surface area contributed by atoms with Gasteiger partial charge < -0.3 is 0 Å². The van der Waals surface area contributed by atoms with Crippen LogP contribution in [-0.4, -0.2) is 0 Å². The van der Waals surface area contributed by atoms with Crippen LogP contribution in [0.4, 0.5) is 0 Å². The monoisotopic (exact) mass is 352 g/mol. The SMILES string of the molecule is c1cc2sc3cc4cc5c(cc4cc3c2s1)sc1ccsc15. The minimum Gasteiger partial charge on any atom is -0.142 e. The summed E-state index contributed by atoms with van der Waals surface area (Å²) in [4.78, 5) is 0. The van der Waals surface area contributed by atoms with E-state index in [0.717, 1.165) is 0 Å². The number of hydrogen-bond donors (Lipinski definition) is 0. The highest BCUT2D eigenvalue weighted by atomic mass is 32.1. The van der Waals surface area contributed by atoms with Crippen LogP contribution in [0.25, 0.3) is 49.7 Å². The van der Waals surface area contributed by atoms with Gasteiger partial charge in [-0.2, -0.15) is 0 Å². The Hall–Kier alpha value is -1.46. The molecule has 0 aliphatic rings. The van der Waals surface area contributed by atoms with Crippen molar-refractivity contribution < 1.29 is 0 Å². The van der Waals surface area contributed by atoms with Crippen LogP contribution < -0.4 is 0 Å². The van der Waals surface area contributed by atoms with E-state index in [4.69, 9.17) is 0 Å². The molecule has 104 valence electrons. The van der Waals surface area contributed by atoms with Crippen molar-refractivity contribution in [2.45, 2.75) is 0 Å². The van der Waals surface area contributed by atoms with E-state index in [1.165, 1.54) is 49.7 Å². The van der Waals surface area contributed by atoms with Crippen molar-refractivity contribution in [2.75, 3.05) is 0 Å². The lowest BCUT2D eigenvalue weighted by molar-refractivity contribution is 1.98. The molecule has 2 aromatic carbocycles. The summed E-state index contributed by atoms with van der Waals surface area (Å²) >= 11 is 7.53. The molecule has 0 bridgehead atoms. The maximum absolute atomic E-state index is 2.38. The minimum absolute atomic E-state index is 1.36. The summed E-state index contributed by atoms with van der Waals surface area (Å²) in [5.74, 6) is 0. The smallest absolute Gasteiger partial charge is 0.0529 e. The predicted molar refractivity (Wildman–Crippen MR) is 105 cm³/mol. The molecule has 4 heteroatoms. The molecule has 0 N–H and O–H groups in total. The Morgan fingerprint density at radius 3 is 1.55 bits per heavy atom. The molecule has 4 aromatic heterocycles. The van der Waals surface area contributed by atoms with Crippen LogP contribution in [0.5, 0.6) is 0 Å². The summed E-state index contributed by atoms with van der Waals surface area (Å²) in [6.07, 6.45) is 0. The van der Waals surface area contributed by atoms with E-state index in [9.17, 15) is 0 Å². The summed E-state index contributed by atoms with van der Waals surface area (Å²) in [7, 11) is 0. The maximum atomic E-state index is 2.38. The van der Waals surface area contributed by atoms with Crippen LogP contribution in [0, 0.1) is 0 Å². The summed E-state index contributed by atoms with van der Waals surface area (Å²) in [5, 5.41) is 9.95. The summed E-state index contributed by atoms with van der Waals surface area (Å²) in [6, 6.07) is 14.0. The van der Waals surface area contributed by atoms with Crippen molar-refractivity contribution in [3.05, 3.63) is 47.2 Å². The third-order valence-corrected chi connectivity index (χ3v) is 8.61. The highest BCUT2D eigenvalue weighted by molar-refractivity contribution is 7.32. The summed E-state index contributed by atoms with van der Waals surface area (Å²) in [5.41, 5.74) is 0. The van der Waals surface area contributed by atoms with Crippen molar-refractivity contribution >= 4 is 95.1 Å². The van der Waals surface area contributed by atoms with E-state index in [1.807, 2.05) is 45.3 Å². The summed E-state index contributed by atoms with van der Waals surface area (Å²) in [6.45, 7) is 0.